The molecule has 0 spiro atoms. The van der Waals surface area contributed by atoms with Crippen molar-refractivity contribution in [2.24, 2.45) is 0 Å². The Balaban J connectivity index is 0.00000264. The van der Waals surface area contributed by atoms with E-state index >= 15 is 0 Å². The average molecular weight is 371 g/mol. The number of nitrogens with zero attached hydrogens (tertiary/aromatic N) is 1. The predicted molar refractivity (Wildman–Crippen MR) is 89.6 cm³/mol. The van der Waals surface area contributed by atoms with E-state index in [0.717, 1.165) is 13.1 Å². The van der Waals surface area contributed by atoms with Crippen LogP contribution < -0.4 is 14.8 Å². The van der Waals surface area contributed by atoms with Crippen molar-refractivity contribution in [2.75, 3.05) is 40.4 Å². The van der Waals surface area contributed by atoms with E-state index in [4.69, 9.17) is 21.1 Å². The molecule has 0 amide bonds. The number of hydrogen-bond acceptors (Lipinski definition) is 4. The summed E-state index contributed by atoms with van der Waals surface area (Å²) < 4.78 is 36.6. The molecule has 1 aromatic rings. The van der Waals surface area contributed by atoms with E-state index in [1.807, 2.05) is 4.90 Å². The van der Waals surface area contributed by atoms with Crippen molar-refractivity contribution < 1.29 is 18.3 Å². The van der Waals surface area contributed by atoms with Crippen molar-refractivity contribution in [3.63, 3.8) is 0 Å². The second-order valence-electron chi connectivity index (χ2n) is 5.13. The number of nitrogens with one attached hydrogen (secondary N) is 1. The van der Waals surface area contributed by atoms with Gasteiger partial charge in [0.25, 0.3) is 0 Å². The zero-order valence-corrected chi connectivity index (χ0v) is 14.7. The first kappa shape index (κ1) is 20.2. The van der Waals surface area contributed by atoms with Crippen LogP contribution in [0.15, 0.2) is 12.1 Å². The molecule has 0 aromatic heterocycles. The van der Waals surface area contributed by atoms with Gasteiger partial charge in [0.2, 0.25) is 6.43 Å². The monoisotopic (exact) mass is 370 g/mol. The maximum Gasteiger partial charge on any atom is 0.240 e. The molecule has 1 fully saturated rings. The molecule has 4 nitrogen and oxygen atoms in total. The third-order valence-electron chi connectivity index (χ3n) is 3.87. The van der Waals surface area contributed by atoms with E-state index in [2.05, 4.69) is 5.32 Å². The lowest BCUT2D eigenvalue weighted by Crippen LogP contribution is -2.45. The summed E-state index contributed by atoms with van der Waals surface area (Å²) in [5, 5.41) is 3.56. The summed E-state index contributed by atoms with van der Waals surface area (Å²) in [4.78, 5) is 2.04. The number of halogens is 4. The highest BCUT2D eigenvalue weighted by Crippen LogP contribution is 2.42. The van der Waals surface area contributed by atoms with Gasteiger partial charge in [-0.25, -0.2) is 8.78 Å². The van der Waals surface area contributed by atoms with Crippen molar-refractivity contribution in [3.05, 3.63) is 22.7 Å². The van der Waals surface area contributed by atoms with Gasteiger partial charge >= 0.3 is 0 Å². The number of alkyl halides is 2. The summed E-state index contributed by atoms with van der Waals surface area (Å²) in [6, 6.07) is 3.02. The van der Waals surface area contributed by atoms with E-state index in [1.165, 1.54) is 14.2 Å². The number of methoxy groups -OCH3 is 2. The van der Waals surface area contributed by atoms with Gasteiger partial charge in [-0.3, -0.25) is 4.90 Å². The number of benzene rings is 1. The van der Waals surface area contributed by atoms with Crippen molar-refractivity contribution in [3.8, 4) is 11.5 Å². The van der Waals surface area contributed by atoms with Crippen LogP contribution in [0.1, 0.15) is 18.0 Å². The van der Waals surface area contributed by atoms with E-state index in [1.54, 1.807) is 12.1 Å². The van der Waals surface area contributed by atoms with Gasteiger partial charge in [-0.2, -0.15) is 0 Å². The van der Waals surface area contributed by atoms with Crippen LogP contribution in [0.3, 0.4) is 0 Å². The van der Waals surface area contributed by atoms with Gasteiger partial charge in [0.1, 0.15) is 0 Å². The fourth-order valence-corrected chi connectivity index (χ4v) is 3.16. The Hall–Kier alpha value is -0.820. The zero-order valence-electron chi connectivity index (χ0n) is 13.2. The molecule has 0 unspecified atom stereocenters. The van der Waals surface area contributed by atoms with Gasteiger partial charge in [-0.15, -0.1) is 12.4 Å². The van der Waals surface area contributed by atoms with E-state index in [0.29, 0.717) is 35.2 Å². The highest BCUT2D eigenvalue weighted by molar-refractivity contribution is 6.33. The molecule has 8 heteroatoms. The van der Waals surface area contributed by atoms with Gasteiger partial charge < -0.3 is 14.8 Å². The first-order valence-corrected chi connectivity index (χ1v) is 7.59. The van der Waals surface area contributed by atoms with Crippen molar-refractivity contribution in [1.29, 1.82) is 0 Å². The molecule has 0 saturated carbocycles. The molecule has 0 aliphatic carbocycles. The van der Waals surface area contributed by atoms with Crippen LogP contribution in [0, 0.1) is 0 Å². The smallest absolute Gasteiger partial charge is 0.240 e. The molecule has 1 saturated heterocycles. The van der Waals surface area contributed by atoms with Gasteiger partial charge in [0.15, 0.2) is 11.5 Å². The third kappa shape index (κ3) is 4.83. The standard InChI is InChI=1S/C15H21ClF2N2O2.ClH/c1-21-12-4-3-10(14(16)15(12)22-2)11(9-13(17)18)20-7-5-19-6-8-20;/h3-4,11,13,19H,5-9H2,1-2H3;1H/t11-;/m0./s1. The van der Waals surface area contributed by atoms with Gasteiger partial charge in [0, 0.05) is 38.6 Å². The average Bonchev–Trinajstić information content (AvgIpc) is 2.53. The quantitative estimate of drug-likeness (QED) is 0.832. The maximum absolute atomic E-state index is 13.0. The molecule has 1 aliphatic rings. The minimum atomic E-state index is -2.40. The Morgan fingerprint density at radius 1 is 1.22 bits per heavy atom. The van der Waals surface area contributed by atoms with Crippen molar-refractivity contribution in [2.45, 2.75) is 18.9 Å². The van der Waals surface area contributed by atoms with Crippen LogP contribution in [0.4, 0.5) is 8.78 Å². The van der Waals surface area contributed by atoms with E-state index < -0.39 is 12.5 Å². The molecule has 1 aliphatic heterocycles. The highest BCUT2D eigenvalue weighted by atomic mass is 35.5. The first-order valence-electron chi connectivity index (χ1n) is 7.21. The number of piperazine rings is 1. The maximum atomic E-state index is 13.0. The van der Waals surface area contributed by atoms with E-state index in [9.17, 15) is 8.78 Å². The number of hydrogen-bond donors (Lipinski definition) is 1. The van der Waals surface area contributed by atoms with Crippen LogP contribution >= 0.6 is 24.0 Å². The summed E-state index contributed by atoms with van der Waals surface area (Å²) >= 11 is 6.40. The van der Waals surface area contributed by atoms with Crippen LogP contribution in [0.5, 0.6) is 11.5 Å². The van der Waals surface area contributed by atoms with Crippen LogP contribution in [0.25, 0.3) is 0 Å². The third-order valence-corrected chi connectivity index (χ3v) is 4.26. The second-order valence-corrected chi connectivity index (χ2v) is 5.51. The molecular weight excluding hydrogens is 349 g/mol. The van der Waals surface area contributed by atoms with Gasteiger partial charge in [0.05, 0.1) is 19.2 Å². The van der Waals surface area contributed by atoms with Gasteiger partial charge in [-0.05, 0) is 11.6 Å². The minimum absolute atomic E-state index is 0. The minimum Gasteiger partial charge on any atom is -0.493 e. The first-order chi connectivity index (χ1) is 10.6. The van der Waals surface area contributed by atoms with Crippen LogP contribution in [-0.4, -0.2) is 51.7 Å². The molecule has 1 atom stereocenters. The normalized spacial score (nSPS) is 16.8. The largest absolute Gasteiger partial charge is 0.493 e. The fraction of sp³-hybridized carbons (Fsp3) is 0.600. The Bertz CT molecular complexity index is 501. The summed E-state index contributed by atoms with van der Waals surface area (Å²) in [6.07, 6.45) is -2.65. The van der Waals surface area contributed by atoms with Crippen LogP contribution in [-0.2, 0) is 0 Å². The Morgan fingerprint density at radius 3 is 2.39 bits per heavy atom. The molecule has 1 aromatic carbocycles. The Morgan fingerprint density at radius 2 is 1.87 bits per heavy atom. The molecule has 0 bridgehead atoms. The second kappa shape index (κ2) is 9.47. The summed E-state index contributed by atoms with van der Waals surface area (Å²) in [6.45, 7) is 2.99. The van der Waals surface area contributed by atoms with Crippen molar-refractivity contribution >= 4 is 24.0 Å². The lowest BCUT2D eigenvalue weighted by molar-refractivity contribution is 0.0738. The Labute approximate surface area is 146 Å². The SMILES string of the molecule is COc1ccc([C@H](CC(F)F)N2CCNCC2)c(Cl)c1OC.Cl. The highest BCUT2D eigenvalue weighted by Gasteiger charge is 2.29. The van der Waals surface area contributed by atoms with Gasteiger partial charge in [-0.1, -0.05) is 17.7 Å². The summed E-state index contributed by atoms with van der Waals surface area (Å²) in [5.41, 5.74) is 0.654. The molecule has 0 radical (unpaired) electrons. The van der Waals surface area contributed by atoms with Crippen LogP contribution in [0.2, 0.25) is 5.02 Å². The topological polar surface area (TPSA) is 33.7 Å². The molecular formula is C15H22Cl2F2N2O2. The van der Waals surface area contributed by atoms with E-state index in [-0.39, 0.29) is 18.8 Å². The zero-order chi connectivity index (χ0) is 16.1. The lowest BCUT2D eigenvalue weighted by atomic mass is 10.0. The predicted octanol–water partition coefficient (Wildman–Crippen LogP) is 3.38. The molecule has 132 valence electrons. The fourth-order valence-electron chi connectivity index (χ4n) is 2.80. The summed E-state index contributed by atoms with van der Waals surface area (Å²) in [5.74, 6) is 0.878. The number of rotatable bonds is 6. The molecule has 1 N–H and O–H groups in total. The molecule has 23 heavy (non-hydrogen) atoms. The number of ether oxygens (including phenoxy) is 2. The van der Waals surface area contributed by atoms with Crippen molar-refractivity contribution in [1.82, 2.24) is 10.2 Å². The molecule has 2 rings (SSSR count). The molecule has 1 heterocycles. The Kier molecular flexibility index (Phi) is 8.33. The lowest BCUT2D eigenvalue weighted by Gasteiger charge is -2.35. The summed E-state index contributed by atoms with van der Waals surface area (Å²) in [7, 11) is 3.00.